The first kappa shape index (κ1) is 14.7. The van der Waals surface area contributed by atoms with Gasteiger partial charge in [-0.2, -0.15) is 4.98 Å². The van der Waals surface area contributed by atoms with Crippen LogP contribution in [0.4, 0.5) is 11.8 Å². The standard InChI is InChI=1S/C16H21N5O/c1-22-9-8-18-16-20-14(13-4-2-3-7-17-13)10-15(21-16)19-11-12-5-6-12/h2-4,7,10,12H,5-6,8-9,11H2,1H3,(H2,18,19,20,21). The number of nitrogens with zero attached hydrogens (tertiary/aromatic N) is 3. The zero-order chi connectivity index (χ0) is 15.2. The summed E-state index contributed by atoms with van der Waals surface area (Å²) in [7, 11) is 1.68. The van der Waals surface area contributed by atoms with Gasteiger partial charge in [0, 0.05) is 32.5 Å². The third-order valence-electron chi connectivity index (χ3n) is 3.51. The van der Waals surface area contributed by atoms with E-state index in [4.69, 9.17) is 4.74 Å². The minimum atomic E-state index is 0.596. The SMILES string of the molecule is COCCNc1nc(NCC2CC2)cc(-c2ccccn2)n1. The van der Waals surface area contributed by atoms with E-state index in [0.717, 1.165) is 29.7 Å². The Morgan fingerprint density at radius 2 is 2.09 bits per heavy atom. The van der Waals surface area contributed by atoms with E-state index in [1.807, 2.05) is 24.3 Å². The lowest BCUT2D eigenvalue weighted by Gasteiger charge is -2.10. The number of ether oxygens (including phenoxy) is 1. The number of nitrogens with one attached hydrogen (secondary N) is 2. The highest BCUT2D eigenvalue weighted by molar-refractivity contribution is 5.60. The number of methoxy groups -OCH3 is 1. The largest absolute Gasteiger partial charge is 0.383 e. The molecule has 0 aliphatic heterocycles. The van der Waals surface area contributed by atoms with Crippen LogP contribution >= 0.6 is 0 Å². The van der Waals surface area contributed by atoms with Gasteiger partial charge in [-0.3, -0.25) is 4.98 Å². The fourth-order valence-corrected chi connectivity index (χ4v) is 2.10. The predicted octanol–water partition coefficient (Wildman–Crippen LogP) is 2.42. The van der Waals surface area contributed by atoms with Gasteiger partial charge in [0.15, 0.2) is 0 Å². The third kappa shape index (κ3) is 4.14. The monoisotopic (exact) mass is 299 g/mol. The van der Waals surface area contributed by atoms with Gasteiger partial charge in [0.25, 0.3) is 0 Å². The van der Waals surface area contributed by atoms with Gasteiger partial charge in [-0.25, -0.2) is 4.98 Å². The molecule has 2 aromatic rings. The van der Waals surface area contributed by atoms with Crippen LogP contribution in [0.25, 0.3) is 11.4 Å². The maximum Gasteiger partial charge on any atom is 0.225 e. The van der Waals surface area contributed by atoms with Crippen LogP contribution in [0.3, 0.4) is 0 Å². The van der Waals surface area contributed by atoms with Crippen molar-refractivity contribution < 1.29 is 4.74 Å². The lowest BCUT2D eigenvalue weighted by molar-refractivity contribution is 0.210. The zero-order valence-corrected chi connectivity index (χ0v) is 12.7. The molecule has 1 aliphatic carbocycles. The zero-order valence-electron chi connectivity index (χ0n) is 12.7. The van der Waals surface area contributed by atoms with Gasteiger partial charge < -0.3 is 15.4 Å². The molecule has 6 nitrogen and oxygen atoms in total. The molecule has 0 unspecified atom stereocenters. The fraction of sp³-hybridized carbons (Fsp3) is 0.438. The van der Waals surface area contributed by atoms with Crippen LogP contribution in [0.15, 0.2) is 30.5 Å². The highest BCUT2D eigenvalue weighted by Gasteiger charge is 2.21. The Bertz CT molecular complexity index is 601. The summed E-state index contributed by atoms with van der Waals surface area (Å²) in [6, 6.07) is 7.76. The maximum absolute atomic E-state index is 5.05. The van der Waals surface area contributed by atoms with Gasteiger partial charge in [0.05, 0.1) is 18.0 Å². The van der Waals surface area contributed by atoms with Crippen LogP contribution in [0.5, 0.6) is 0 Å². The number of rotatable bonds is 8. The summed E-state index contributed by atoms with van der Waals surface area (Å²) in [6.45, 7) is 2.25. The van der Waals surface area contributed by atoms with Gasteiger partial charge >= 0.3 is 0 Å². The molecular formula is C16H21N5O. The van der Waals surface area contributed by atoms with Gasteiger partial charge in [-0.1, -0.05) is 6.07 Å². The Balaban J connectivity index is 1.79. The normalized spacial score (nSPS) is 13.9. The Morgan fingerprint density at radius 3 is 2.82 bits per heavy atom. The summed E-state index contributed by atoms with van der Waals surface area (Å²) in [4.78, 5) is 13.4. The molecule has 116 valence electrons. The van der Waals surface area contributed by atoms with E-state index in [0.29, 0.717) is 19.1 Å². The van der Waals surface area contributed by atoms with Crippen LogP contribution < -0.4 is 10.6 Å². The van der Waals surface area contributed by atoms with E-state index in [9.17, 15) is 0 Å². The van der Waals surface area contributed by atoms with Crippen LogP contribution in [0.1, 0.15) is 12.8 Å². The molecule has 0 atom stereocenters. The number of hydrogen-bond donors (Lipinski definition) is 2. The van der Waals surface area contributed by atoms with Crippen molar-refractivity contribution in [1.29, 1.82) is 0 Å². The summed E-state index contributed by atoms with van der Waals surface area (Å²) >= 11 is 0. The molecule has 2 aromatic heterocycles. The molecule has 3 rings (SSSR count). The number of pyridine rings is 1. The average molecular weight is 299 g/mol. The van der Waals surface area contributed by atoms with E-state index in [1.54, 1.807) is 13.3 Å². The minimum absolute atomic E-state index is 0.596. The van der Waals surface area contributed by atoms with Crippen LogP contribution in [0.2, 0.25) is 0 Å². The highest BCUT2D eigenvalue weighted by Crippen LogP contribution is 2.29. The lowest BCUT2D eigenvalue weighted by atomic mass is 10.2. The predicted molar refractivity (Wildman–Crippen MR) is 86.8 cm³/mol. The molecule has 6 heteroatoms. The minimum Gasteiger partial charge on any atom is -0.383 e. The second-order valence-electron chi connectivity index (χ2n) is 5.42. The summed E-state index contributed by atoms with van der Waals surface area (Å²) in [5.74, 6) is 2.22. The molecule has 22 heavy (non-hydrogen) atoms. The molecule has 0 bridgehead atoms. The second-order valence-corrected chi connectivity index (χ2v) is 5.42. The molecular weight excluding hydrogens is 278 g/mol. The van der Waals surface area contributed by atoms with Crippen molar-refractivity contribution >= 4 is 11.8 Å². The van der Waals surface area contributed by atoms with Crippen molar-refractivity contribution in [2.24, 2.45) is 5.92 Å². The molecule has 0 aromatic carbocycles. The Labute approximate surface area is 130 Å². The number of aromatic nitrogens is 3. The topological polar surface area (TPSA) is 72.0 Å². The Kier molecular flexibility index (Phi) is 4.80. The van der Waals surface area contributed by atoms with Crippen molar-refractivity contribution in [3.63, 3.8) is 0 Å². The molecule has 1 saturated carbocycles. The Morgan fingerprint density at radius 1 is 1.18 bits per heavy atom. The Hall–Kier alpha value is -2.21. The number of hydrogen-bond acceptors (Lipinski definition) is 6. The third-order valence-corrected chi connectivity index (χ3v) is 3.51. The molecule has 0 amide bonds. The first-order chi connectivity index (χ1) is 10.8. The van der Waals surface area contributed by atoms with Crippen LogP contribution in [0, 0.1) is 5.92 Å². The van der Waals surface area contributed by atoms with Crippen molar-refractivity contribution in [2.45, 2.75) is 12.8 Å². The molecule has 0 radical (unpaired) electrons. The van der Waals surface area contributed by atoms with Gasteiger partial charge in [0.2, 0.25) is 5.95 Å². The van der Waals surface area contributed by atoms with Crippen molar-refractivity contribution in [3.8, 4) is 11.4 Å². The smallest absolute Gasteiger partial charge is 0.225 e. The summed E-state index contributed by atoms with van der Waals surface area (Å²) < 4.78 is 5.05. The molecule has 2 N–H and O–H groups in total. The van der Waals surface area contributed by atoms with Crippen LogP contribution in [-0.4, -0.2) is 41.8 Å². The first-order valence-corrected chi connectivity index (χ1v) is 7.62. The van der Waals surface area contributed by atoms with E-state index in [2.05, 4.69) is 25.6 Å². The maximum atomic E-state index is 5.05. The summed E-state index contributed by atoms with van der Waals surface area (Å²) in [5, 5.41) is 6.58. The second kappa shape index (κ2) is 7.17. The van der Waals surface area contributed by atoms with E-state index in [1.165, 1.54) is 12.8 Å². The molecule has 2 heterocycles. The highest BCUT2D eigenvalue weighted by atomic mass is 16.5. The van der Waals surface area contributed by atoms with E-state index < -0.39 is 0 Å². The van der Waals surface area contributed by atoms with E-state index >= 15 is 0 Å². The summed E-state index contributed by atoms with van der Waals surface area (Å²) in [5.41, 5.74) is 1.66. The van der Waals surface area contributed by atoms with Crippen molar-refractivity contribution in [2.75, 3.05) is 37.4 Å². The summed E-state index contributed by atoms with van der Waals surface area (Å²) in [6.07, 6.45) is 4.39. The molecule has 0 spiro atoms. The molecule has 1 fully saturated rings. The fourth-order valence-electron chi connectivity index (χ4n) is 2.10. The molecule has 1 aliphatic rings. The first-order valence-electron chi connectivity index (χ1n) is 7.62. The van der Waals surface area contributed by atoms with Crippen molar-refractivity contribution in [3.05, 3.63) is 30.5 Å². The number of anilines is 2. The average Bonchev–Trinajstić information content (AvgIpc) is 3.38. The van der Waals surface area contributed by atoms with Crippen LogP contribution in [-0.2, 0) is 4.74 Å². The van der Waals surface area contributed by atoms with Gasteiger partial charge in [-0.05, 0) is 30.9 Å². The van der Waals surface area contributed by atoms with Gasteiger partial charge in [0.1, 0.15) is 5.82 Å². The van der Waals surface area contributed by atoms with E-state index in [-0.39, 0.29) is 0 Å². The quantitative estimate of drug-likeness (QED) is 0.729. The van der Waals surface area contributed by atoms with Gasteiger partial charge in [-0.15, -0.1) is 0 Å². The lowest BCUT2D eigenvalue weighted by Crippen LogP contribution is -2.13. The molecule has 0 saturated heterocycles. The van der Waals surface area contributed by atoms with Crippen molar-refractivity contribution in [1.82, 2.24) is 15.0 Å².